The van der Waals surface area contributed by atoms with Gasteiger partial charge >= 0.3 is 5.97 Å². The van der Waals surface area contributed by atoms with E-state index in [1.807, 2.05) is 72.2 Å². The third kappa shape index (κ3) is 5.53. The SMILES string of the molecule is CCOC(=O)c1c(-c2ccc(C)cc2)csc1NC(=O)C[NH2+]Cc1ccccc1. The van der Waals surface area contributed by atoms with E-state index in [0.29, 0.717) is 10.6 Å². The van der Waals surface area contributed by atoms with Crippen LogP contribution in [0.2, 0.25) is 0 Å². The van der Waals surface area contributed by atoms with E-state index in [1.54, 1.807) is 6.92 Å². The molecule has 1 aromatic heterocycles. The second-order valence-corrected chi connectivity index (χ2v) is 7.55. The number of anilines is 1. The molecule has 0 aliphatic heterocycles. The number of benzene rings is 2. The Morgan fingerprint density at radius 3 is 2.48 bits per heavy atom. The molecular formula is C23H25N2O3S+. The van der Waals surface area contributed by atoms with Gasteiger partial charge in [-0.25, -0.2) is 4.79 Å². The highest BCUT2D eigenvalue weighted by Crippen LogP contribution is 2.36. The van der Waals surface area contributed by atoms with E-state index in [1.165, 1.54) is 11.3 Å². The predicted octanol–water partition coefficient (Wildman–Crippen LogP) is 3.60. The smallest absolute Gasteiger partial charge is 0.341 e. The Morgan fingerprint density at radius 2 is 1.79 bits per heavy atom. The molecule has 150 valence electrons. The van der Waals surface area contributed by atoms with Crippen molar-refractivity contribution >= 4 is 28.2 Å². The van der Waals surface area contributed by atoms with Crippen LogP contribution in [-0.4, -0.2) is 25.0 Å². The van der Waals surface area contributed by atoms with Gasteiger partial charge in [-0.3, -0.25) is 4.79 Å². The van der Waals surface area contributed by atoms with Crippen LogP contribution in [0.3, 0.4) is 0 Å². The summed E-state index contributed by atoms with van der Waals surface area (Å²) in [5, 5.41) is 7.23. The van der Waals surface area contributed by atoms with Gasteiger partial charge in [-0.2, -0.15) is 0 Å². The molecule has 1 amide bonds. The first-order chi connectivity index (χ1) is 14.1. The maximum absolute atomic E-state index is 12.6. The van der Waals surface area contributed by atoms with E-state index in [9.17, 15) is 9.59 Å². The van der Waals surface area contributed by atoms with E-state index in [0.717, 1.165) is 28.8 Å². The Labute approximate surface area is 174 Å². The van der Waals surface area contributed by atoms with Gasteiger partial charge in [-0.15, -0.1) is 11.3 Å². The summed E-state index contributed by atoms with van der Waals surface area (Å²) in [6.45, 7) is 5.06. The van der Waals surface area contributed by atoms with Crippen molar-refractivity contribution in [3.63, 3.8) is 0 Å². The van der Waals surface area contributed by atoms with E-state index in [-0.39, 0.29) is 19.1 Å². The number of carbonyl (C=O) groups excluding carboxylic acids is 2. The zero-order valence-corrected chi connectivity index (χ0v) is 17.4. The second-order valence-electron chi connectivity index (χ2n) is 6.67. The fourth-order valence-corrected chi connectivity index (χ4v) is 3.94. The Bertz CT molecular complexity index is 966. The average Bonchev–Trinajstić information content (AvgIpc) is 3.13. The number of hydrogen-bond acceptors (Lipinski definition) is 4. The first kappa shape index (κ1) is 20.8. The fraction of sp³-hybridized carbons (Fsp3) is 0.217. The normalized spacial score (nSPS) is 10.6. The summed E-state index contributed by atoms with van der Waals surface area (Å²) in [6, 6.07) is 17.9. The molecule has 2 aromatic carbocycles. The lowest BCUT2D eigenvalue weighted by molar-refractivity contribution is -0.659. The number of carbonyl (C=O) groups is 2. The molecule has 1 heterocycles. The molecule has 0 aliphatic carbocycles. The molecule has 0 bridgehead atoms. The molecule has 0 atom stereocenters. The molecule has 0 unspecified atom stereocenters. The molecule has 0 spiro atoms. The highest BCUT2D eigenvalue weighted by Gasteiger charge is 2.23. The number of ether oxygens (including phenoxy) is 1. The third-order valence-corrected chi connectivity index (χ3v) is 5.33. The first-order valence-electron chi connectivity index (χ1n) is 9.59. The number of rotatable bonds is 8. The minimum Gasteiger partial charge on any atom is -0.462 e. The summed E-state index contributed by atoms with van der Waals surface area (Å²) in [6.07, 6.45) is 0. The van der Waals surface area contributed by atoms with E-state index in [4.69, 9.17) is 4.74 Å². The number of nitrogens with two attached hydrogens (primary N) is 1. The van der Waals surface area contributed by atoms with Crippen molar-refractivity contribution in [2.75, 3.05) is 18.5 Å². The van der Waals surface area contributed by atoms with Crippen LogP contribution in [0.1, 0.15) is 28.4 Å². The molecule has 5 nitrogen and oxygen atoms in total. The number of nitrogens with one attached hydrogen (secondary N) is 1. The van der Waals surface area contributed by atoms with Crippen LogP contribution in [0, 0.1) is 6.92 Å². The molecule has 3 N–H and O–H groups in total. The third-order valence-electron chi connectivity index (χ3n) is 4.44. The zero-order valence-electron chi connectivity index (χ0n) is 16.6. The van der Waals surface area contributed by atoms with Crippen molar-refractivity contribution in [1.82, 2.24) is 0 Å². The summed E-state index contributed by atoms with van der Waals surface area (Å²) < 4.78 is 5.24. The molecule has 0 saturated carbocycles. The summed E-state index contributed by atoms with van der Waals surface area (Å²) >= 11 is 1.34. The molecule has 29 heavy (non-hydrogen) atoms. The van der Waals surface area contributed by atoms with Crippen LogP contribution >= 0.6 is 11.3 Å². The Kier molecular flexibility index (Phi) is 7.16. The van der Waals surface area contributed by atoms with Crippen LogP contribution in [0.15, 0.2) is 60.0 Å². The minimum absolute atomic E-state index is 0.149. The van der Waals surface area contributed by atoms with Crippen molar-refractivity contribution in [2.45, 2.75) is 20.4 Å². The van der Waals surface area contributed by atoms with Gasteiger partial charge in [0.2, 0.25) is 0 Å². The Morgan fingerprint density at radius 1 is 1.07 bits per heavy atom. The number of aryl methyl sites for hydroxylation is 1. The van der Waals surface area contributed by atoms with Gasteiger partial charge in [0.1, 0.15) is 17.1 Å². The highest BCUT2D eigenvalue weighted by atomic mass is 32.1. The summed E-state index contributed by atoms with van der Waals surface area (Å²) in [4.78, 5) is 25.0. The number of amides is 1. The summed E-state index contributed by atoms with van der Waals surface area (Å²) in [5.74, 6) is -0.573. The first-order valence-corrected chi connectivity index (χ1v) is 10.5. The molecule has 3 rings (SSSR count). The van der Waals surface area contributed by atoms with Gasteiger partial charge in [0.15, 0.2) is 6.54 Å². The van der Waals surface area contributed by atoms with Crippen LogP contribution in [0.4, 0.5) is 5.00 Å². The van der Waals surface area contributed by atoms with Crippen molar-refractivity contribution in [3.8, 4) is 11.1 Å². The van der Waals surface area contributed by atoms with Gasteiger partial charge in [0, 0.05) is 16.5 Å². The van der Waals surface area contributed by atoms with Crippen molar-refractivity contribution in [1.29, 1.82) is 0 Å². The van der Waals surface area contributed by atoms with Gasteiger partial charge < -0.3 is 15.4 Å². The maximum Gasteiger partial charge on any atom is 0.341 e. The molecule has 3 aromatic rings. The minimum atomic E-state index is -0.423. The standard InChI is InChI=1S/C23H24N2O3S/c1-3-28-23(27)21-19(18-11-9-16(2)10-12-18)15-29-22(21)25-20(26)14-24-13-17-7-5-4-6-8-17/h4-12,15,24H,3,13-14H2,1-2H3,(H,25,26)/p+1. The lowest BCUT2D eigenvalue weighted by Gasteiger charge is -2.09. The van der Waals surface area contributed by atoms with Gasteiger partial charge in [-0.1, -0.05) is 60.2 Å². The topological polar surface area (TPSA) is 72.0 Å². The maximum atomic E-state index is 12.6. The largest absolute Gasteiger partial charge is 0.462 e. The molecular weight excluding hydrogens is 384 g/mol. The van der Waals surface area contributed by atoms with Crippen molar-refractivity contribution < 1.29 is 19.6 Å². The predicted molar refractivity (Wildman–Crippen MR) is 116 cm³/mol. The lowest BCUT2D eigenvalue weighted by atomic mass is 10.0. The van der Waals surface area contributed by atoms with Crippen LogP contribution in [0.5, 0.6) is 0 Å². The summed E-state index contributed by atoms with van der Waals surface area (Å²) in [5.41, 5.74) is 4.41. The van der Waals surface area contributed by atoms with E-state index >= 15 is 0 Å². The van der Waals surface area contributed by atoms with Crippen LogP contribution in [-0.2, 0) is 16.1 Å². The Hall–Kier alpha value is -2.96. The molecule has 6 heteroatoms. The number of thiophene rings is 1. The van der Waals surface area contributed by atoms with Gasteiger partial charge in [-0.05, 0) is 19.4 Å². The number of hydrogen-bond donors (Lipinski definition) is 2. The Balaban J connectivity index is 1.73. The van der Waals surface area contributed by atoms with Crippen LogP contribution < -0.4 is 10.6 Å². The summed E-state index contributed by atoms with van der Waals surface area (Å²) in [7, 11) is 0. The second kappa shape index (κ2) is 10.0. The van der Waals surface area contributed by atoms with Crippen molar-refractivity contribution in [3.05, 3.63) is 76.7 Å². The molecule has 0 fully saturated rings. The molecule has 0 saturated heterocycles. The van der Waals surface area contributed by atoms with Gasteiger partial charge in [0.25, 0.3) is 5.91 Å². The quantitative estimate of drug-likeness (QED) is 0.559. The number of esters is 1. The number of quaternary nitrogens is 1. The molecule has 0 radical (unpaired) electrons. The lowest BCUT2D eigenvalue weighted by Crippen LogP contribution is -2.84. The monoisotopic (exact) mass is 409 g/mol. The fourth-order valence-electron chi connectivity index (χ4n) is 2.96. The average molecular weight is 410 g/mol. The van der Waals surface area contributed by atoms with Gasteiger partial charge in [0.05, 0.1) is 6.61 Å². The highest BCUT2D eigenvalue weighted by molar-refractivity contribution is 7.15. The van der Waals surface area contributed by atoms with E-state index < -0.39 is 5.97 Å². The molecule has 0 aliphatic rings. The zero-order chi connectivity index (χ0) is 20.6. The van der Waals surface area contributed by atoms with Crippen LogP contribution in [0.25, 0.3) is 11.1 Å². The van der Waals surface area contributed by atoms with E-state index in [2.05, 4.69) is 5.32 Å². The van der Waals surface area contributed by atoms with Crippen molar-refractivity contribution in [2.24, 2.45) is 0 Å².